The van der Waals surface area contributed by atoms with Gasteiger partial charge < -0.3 is 42.5 Å². The highest BCUT2D eigenvalue weighted by Crippen LogP contribution is 2.39. The molecule has 28 heavy (non-hydrogen) atoms. The molecule has 0 aromatic carbocycles. The van der Waals surface area contributed by atoms with E-state index in [1.165, 1.54) is 6.92 Å². The average Bonchev–Trinajstić information content (AvgIpc) is 2.56. The standard InChI is InChI=1S/C14H30N7O6P/c1-8(12(23)20-9(2)28(25,26)27)19-13(24)10(21-11(22)7-17-3)5-4-6-18-14(15)16/h8-10,17H,4-7H2,1-3H3,(H,19,24)(H,20,23)(H,21,22)(H4,15,16,18)(H2,25,26,27)/t8-,9+,10-/m0/s1. The number of amides is 3. The molecular formula is C14H30N7O6P. The third-order valence-electron chi connectivity index (χ3n) is 3.54. The Kier molecular flexibility index (Phi) is 11.3. The highest BCUT2D eigenvalue weighted by atomic mass is 31.2. The molecule has 0 saturated carbocycles. The zero-order valence-corrected chi connectivity index (χ0v) is 17.0. The third-order valence-corrected chi connectivity index (χ3v) is 4.68. The molecule has 162 valence electrons. The van der Waals surface area contributed by atoms with Crippen molar-refractivity contribution in [1.82, 2.24) is 21.3 Å². The number of hydrogen-bond acceptors (Lipinski definition) is 6. The van der Waals surface area contributed by atoms with Crippen LogP contribution in [0.25, 0.3) is 0 Å². The minimum atomic E-state index is -4.50. The quantitative estimate of drug-likeness (QED) is 0.0687. The van der Waals surface area contributed by atoms with Gasteiger partial charge >= 0.3 is 7.60 Å². The highest BCUT2D eigenvalue weighted by Gasteiger charge is 2.29. The van der Waals surface area contributed by atoms with Crippen LogP contribution in [0.15, 0.2) is 4.99 Å². The van der Waals surface area contributed by atoms with Crippen molar-refractivity contribution in [3.8, 4) is 0 Å². The van der Waals surface area contributed by atoms with E-state index in [1.807, 2.05) is 0 Å². The molecule has 0 spiro atoms. The van der Waals surface area contributed by atoms with E-state index in [2.05, 4.69) is 26.3 Å². The molecule has 0 rings (SSSR count). The minimum absolute atomic E-state index is 0.00643. The first-order valence-corrected chi connectivity index (χ1v) is 10.2. The van der Waals surface area contributed by atoms with Crippen LogP contribution < -0.4 is 32.7 Å². The fraction of sp³-hybridized carbons (Fsp3) is 0.714. The Morgan fingerprint density at radius 3 is 2.18 bits per heavy atom. The zero-order valence-electron chi connectivity index (χ0n) is 16.1. The van der Waals surface area contributed by atoms with Gasteiger partial charge in [0.15, 0.2) is 5.96 Å². The molecule has 0 bridgehead atoms. The van der Waals surface area contributed by atoms with Crippen molar-refractivity contribution >= 4 is 31.3 Å². The summed E-state index contributed by atoms with van der Waals surface area (Å²) in [6.45, 7) is 2.75. The van der Waals surface area contributed by atoms with Crippen molar-refractivity contribution in [3.05, 3.63) is 0 Å². The molecule has 0 heterocycles. The van der Waals surface area contributed by atoms with E-state index in [-0.39, 0.29) is 25.5 Å². The Hall–Kier alpha value is -2.21. The second-order valence-electron chi connectivity index (χ2n) is 6.10. The van der Waals surface area contributed by atoms with Gasteiger partial charge in [-0.3, -0.25) is 23.9 Å². The molecule has 10 N–H and O–H groups in total. The van der Waals surface area contributed by atoms with E-state index in [9.17, 15) is 18.9 Å². The van der Waals surface area contributed by atoms with Crippen LogP contribution in [0.4, 0.5) is 0 Å². The van der Waals surface area contributed by atoms with Gasteiger partial charge in [-0.25, -0.2) is 0 Å². The van der Waals surface area contributed by atoms with Crippen LogP contribution in [0.2, 0.25) is 0 Å². The summed E-state index contributed by atoms with van der Waals surface area (Å²) in [5.41, 5.74) is 10.5. The maximum Gasteiger partial charge on any atom is 0.347 e. The summed E-state index contributed by atoms with van der Waals surface area (Å²) in [6.07, 6.45) is 0.608. The predicted molar refractivity (Wildman–Crippen MR) is 103 cm³/mol. The molecule has 0 aromatic heterocycles. The predicted octanol–water partition coefficient (Wildman–Crippen LogP) is -3.11. The SMILES string of the molecule is CNCC(=O)N[C@@H](CCCN=C(N)N)C(=O)N[C@@H](C)C(=O)N[C@@H](C)P(=O)(O)O. The molecule has 13 nitrogen and oxygen atoms in total. The average molecular weight is 423 g/mol. The van der Waals surface area contributed by atoms with Crippen LogP contribution >= 0.6 is 7.60 Å². The number of aliphatic imine (C=N–C) groups is 1. The van der Waals surface area contributed by atoms with Crippen LogP contribution in [0.5, 0.6) is 0 Å². The monoisotopic (exact) mass is 423 g/mol. The van der Waals surface area contributed by atoms with Crippen LogP contribution in [0.3, 0.4) is 0 Å². The number of nitrogens with one attached hydrogen (secondary N) is 4. The Bertz CT molecular complexity index is 619. The molecule has 0 saturated heterocycles. The summed E-state index contributed by atoms with van der Waals surface area (Å²) in [7, 11) is -2.93. The van der Waals surface area contributed by atoms with Gasteiger partial charge in [0.1, 0.15) is 17.9 Å². The molecule has 0 aliphatic carbocycles. The number of rotatable bonds is 12. The van der Waals surface area contributed by atoms with Gasteiger partial charge in [-0.15, -0.1) is 0 Å². The largest absolute Gasteiger partial charge is 0.370 e. The molecule has 3 atom stereocenters. The summed E-state index contributed by atoms with van der Waals surface area (Å²) in [5, 5.41) is 9.73. The lowest BCUT2D eigenvalue weighted by Crippen LogP contribution is -2.54. The number of hydrogen-bond donors (Lipinski definition) is 8. The Morgan fingerprint density at radius 2 is 1.68 bits per heavy atom. The Labute approximate surface area is 163 Å². The van der Waals surface area contributed by atoms with Crippen molar-refractivity contribution in [2.75, 3.05) is 20.1 Å². The highest BCUT2D eigenvalue weighted by molar-refractivity contribution is 7.52. The van der Waals surface area contributed by atoms with E-state index in [4.69, 9.17) is 21.3 Å². The molecular weight excluding hydrogens is 393 g/mol. The lowest BCUT2D eigenvalue weighted by Gasteiger charge is -2.22. The lowest BCUT2D eigenvalue weighted by molar-refractivity contribution is -0.131. The molecule has 0 aromatic rings. The minimum Gasteiger partial charge on any atom is -0.370 e. The van der Waals surface area contributed by atoms with Crippen molar-refractivity contribution in [1.29, 1.82) is 0 Å². The van der Waals surface area contributed by atoms with E-state index < -0.39 is 43.2 Å². The molecule has 0 unspecified atom stereocenters. The Morgan fingerprint density at radius 1 is 1.07 bits per heavy atom. The zero-order chi connectivity index (χ0) is 21.9. The molecule has 0 aliphatic heterocycles. The second-order valence-corrected chi connectivity index (χ2v) is 8.06. The number of carbonyl (C=O) groups excluding carboxylic acids is 3. The molecule has 0 aliphatic rings. The maximum atomic E-state index is 12.4. The maximum absolute atomic E-state index is 12.4. The first-order valence-electron chi connectivity index (χ1n) is 8.53. The van der Waals surface area contributed by atoms with Gasteiger partial charge in [0.2, 0.25) is 17.7 Å². The number of likely N-dealkylation sites (N-methyl/N-ethyl adjacent to an activating group) is 1. The van der Waals surface area contributed by atoms with E-state index in [0.29, 0.717) is 6.42 Å². The van der Waals surface area contributed by atoms with Gasteiger partial charge in [0, 0.05) is 6.54 Å². The first kappa shape index (κ1) is 25.8. The topological polar surface area (TPSA) is 221 Å². The summed E-state index contributed by atoms with van der Waals surface area (Å²) >= 11 is 0. The molecule has 0 fully saturated rings. The van der Waals surface area contributed by atoms with Crippen LogP contribution in [0, 0.1) is 0 Å². The smallest absolute Gasteiger partial charge is 0.347 e. The number of carbonyl (C=O) groups is 3. The van der Waals surface area contributed by atoms with Gasteiger partial charge in [0.05, 0.1) is 6.54 Å². The van der Waals surface area contributed by atoms with Crippen molar-refractivity contribution in [2.24, 2.45) is 16.5 Å². The fourth-order valence-corrected chi connectivity index (χ4v) is 2.27. The van der Waals surface area contributed by atoms with Crippen LogP contribution in [0.1, 0.15) is 26.7 Å². The van der Waals surface area contributed by atoms with Crippen LogP contribution in [-0.2, 0) is 18.9 Å². The summed E-state index contributed by atoms with van der Waals surface area (Å²) in [5.74, 6) is -3.31. The first-order chi connectivity index (χ1) is 12.9. The Balaban J connectivity index is 4.90. The number of guanidine groups is 1. The van der Waals surface area contributed by atoms with E-state index in [1.54, 1.807) is 7.05 Å². The van der Waals surface area contributed by atoms with Crippen molar-refractivity contribution in [3.63, 3.8) is 0 Å². The molecule has 14 heteroatoms. The third kappa shape index (κ3) is 10.8. The second kappa shape index (κ2) is 12.3. The van der Waals surface area contributed by atoms with Gasteiger partial charge in [-0.1, -0.05) is 0 Å². The van der Waals surface area contributed by atoms with Gasteiger partial charge in [-0.2, -0.15) is 0 Å². The summed E-state index contributed by atoms with van der Waals surface area (Å²) < 4.78 is 11.1. The molecule has 3 amide bonds. The van der Waals surface area contributed by atoms with Gasteiger partial charge in [0.25, 0.3) is 0 Å². The van der Waals surface area contributed by atoms with Gasteiger partial charge in [-0.05, 0) is 33.7 Å². The van der Waals surface area contributed by atoms with Crippen molar-refractivity contribution in [2.45, 2.75) is 44.6 Å². The lowest BCUT2D eigenvalue weighted by atomic mass is 10.1. The van der Waals surface area contributed by atoms with E-state index in [0.717, 1.165) is 6.92 Å². The van der Waals surface area contributed by atoms with Crippen LogP contribution in [-0.4, -0.2) is 71.5 Å². The van der Waals surface area contributed by atoms with Crippen molar-refractivity contribution < 1.29 is 28.7 Å². The number of nitrogens with two attached hydrogens (primary N) is 2. The summed E-state index contributed by atoms with van der Waals surface area (Å²) in [4.78, 5) is 58.1. The summed E-state index contributed by atoms with van der Waals surface area (Å²) in [6, 6.07) is -2.02. The normalized spacial score (nSPS) is 14.3. The fourth-order valence-electron chi connectivity index (χ4n) is 1.97. The molecule has 0 radical (unpaired) electrons. The van der Waals surface area contributed by atoms with E-state index >= 15 is 0 Å². The number of nitrogens with zero attached hydrogens (tertiary/aromatic N) is 1.